The summed E-state index contributed by atoms with van der Waals surface area (Å²) in [7, 11) is 0. The van der Waals surface area contributed by atoms with E-state index in [2.05, 4.69) is 47.0 Å². The molecule has 1 heterocycles. The SMILES string of the molecule is CC(C)(C)CC1CN=C(Nc2ccc(Br)c(Cl)c2)S1. The number of hydrogen-bond acceptors (Lipinski definition) is 3. The standard InChI is InChI=1S/C14H18BrClN2S/c1-14(2,3)7-10-8-17-13(19-10)18-9-4-5-11(15)12(16)6-9/h4-6,10H,7-8H2,1-3H3,(H,17,18). The molecule has 5 heteroatoms. The zero-order valence-electron chi connectivity index (χ0n) is 11.3. The van der Waals surface area contributed by atoms with Crippen LogP contribution in [0, 0.1) is 5.41 Å². The summed E-state index contributed by atoms with van der Waals surface area (Å²) in [5.41, 5.74) is 1.33. The number of thioether (sulfide) groups is 1. The summed E-state index contributed by atoms with van der Waals surface area (Å²) in [6.07, 6.45) is 1.17. The fourth-order valence-electron chi connectivity index (χ4n) is 1.97. The predicted octanol–water partition coefficient (Wildman–Crippen LogP) is 5.42. The van der Waals surface area contributed by atoms with Gasteiger partial charge in [-0.15, -0.1) is 0 Å². The van der Waals surface area contributed by atoms with E-state index in [1.807, 2.05) is 30.0 Å². The molecule has 0 saturated carbocycles. The summed E-state index contributed by atoms with van der Waals surface area (Å²) in [6, 6.07) is 5.85. The number of hydrogen-bond donors (Lipinski definition) is 1. The molecule has 0 bridgehead atoms. The minimum absolute atomic E-state index is 0.351. The van der Waals surface area contributed by atoms with Gasteiger partial charge in [-0.3, -0.25) is 4.99 Å². The molecule has 19 heavy (non-hydrogen) atoms. The smallest absolute Gasteiger partial charge is 0.161 e. The molecule has 1 atom stereocenters. The fourth-order valence-corrected chi connectivity index (χ4v) is 3.77. The van der Waals surface area contributed by atoms with Gasteiger partial charge in [-0.1, -0.05) is 44.1 Å². The lowest BCUT2D eigenvalue weighted by molar-refractivity contribution is 0.375. The topological polar surface area (TPSA) is 24.4 Å². The number of halogens is 2. The second-order valence-corrected chi connectivity index (χ2v) is 8.45. The number of aliphatic imine (C=N–C) groups is 1. The van der Waals surface area contributed by atoms with E-state index in [1.54, 1.807) is 0 Å². The van der Waals surface area contributed by atoms with Crippen molar-refractivity contribution < 1.29 is 0 Å². The maximum atomic E-state index is 6.08. The van der Waals surface area contributed by atoms with Gasteiger partial charge in [0.1, 0.15) is 0 Å². The maximum absolute atomic E-state index is 6.08. The summed E-state index contributed by atoms with van der Waals surface area (Å²) < 4.78 is 0.909. The molecule has 0 aromatic heterocycles. The lowest BCUT2D eigenvalue weighted by atomic mass is 9.90. The quantitative estimate of drug-likeness (QED) is 0.760. The van der Waals surface area contributed by atoms with E-state index in [0.717, 1.165) is 21.9 Å². The highest BCUT2D eigenvalue weighted by Crippen LogP contribution is 2.33. The molecule has 0 saturated heterocycles. The third kappa shape index (κ3) is 4.69. The van der Waals surface area contributed by atoms with E-state index >= 15 is 0 Å². The van der Waals surface area contributed by atoms with Gasteiger partial charge in [-0.05, 0) is 46.0 Å². The van der Waals surface area contributed by atoms with Gasteiger partial charge in [0, 0.05) is 15.4 Å². The van der Waals surface area contributed by atoms with Crippen LogP contribution in [0.15, 0.2) is 27.7 Å². The fraction of sp³-hybridized carbons (Fsp3) is 0.500. The van der Waals surface area contributed by atoms with Crippen LogP contribution >= 0.6 is 39.3 Å². The van der Waals surface area contributed by atoms with Crippen LogP contribution in [0.4, 0.5) is 5.69 Å². The van der Waals surface area contributed by atoms with Gasteiger partial charge in [0.25, 0.3) is 0 Å². The van der Waals surface area contributed by atoms with Crippen LogP contribution in [-0.4, -0.2) is 17.0 Å². The second kappa shape index (κ2) is 6.06. The molecule has 1 N–H and O–H groups in total. The third-order valence-electron chi connectivity index (χ3n) is 2.73. The van der Waals surface area contributed by atoms with Gasteiger partial charge < -0.3 is 5.32 Å². The molecule has 104 valence electrons. The first-order chi connectivity index (χ1) is 8.83. The first-order valence-electron chi connectivity index (χ1n) is 6.27. The minimum atomic E-state index is 0.351. The monoisotopic (exact) mass is 360 g/mol. The lowest BCUT2D eigenvalue weighted by Crippen LogP contribution is -2.16. The second-order valence-electron chi connectivity index (χ2n) is 5.90. The van der Waals surface area contributed by atoms with Gasteiger partial charge in [0.15, 0.2) is 5.17 Å². The molecule has 0 radical (unpaired) electrons. The predicted molar refractivity (Wildman–Crippen MR) is 90.5 cm³/mol. The lowest BCUT2D eigenvalue weighted by Gasteiger charge is -2.21. The number of nitrogens with zero attached hydrogens (tertiary/aromatic N) is 1. The van der Waals surface area contributed by atoms with Crippen molar-refractivity contribution in [1.29, 1.82) is 0 Å². The van der Waals surface area contributed by atoms with Crippen molar-refractivity contribution in [3.05, 3.63) is 27.7 Å². The number of anilines is 1. The summed E-state index contributed by atoms with van der Waals surface area (Å²) in [6.45, 7) is 7.71. The molecule has 2 nitrogen and oxygen atoms in total. The third-order valence-corrected chi connectivity index (χ3v) is 5.06. The molecular formula is C14H18BrClN2S. The van der Waals surface area contributed by atoms with Crippen molar-refractivity contribution in [2.24, 2.45) is 10.4 Å². The van der Waals surface area contributed by atoms with Crippen LogP contribution in [0.2, 0.25) is 5.02 Å². The van der Waals surface area contributed by atoms with Crippen molar-refractivity contribution in [2.45, 2.75) is 32.4 Å². The van der Waals surface area contributed by atoms with Crippen LogP contribution in [0.25, 0.3) is 0 Å². The van der Waals surface area contributed by atoms with Crippen molar-refractivity contribution in [2.75, 3.05) is 11.9 Å². The van der Waals surface area contributed by atoms with E-state index < -0.39 is 0 Å². The molecule has 1 aliphatic heterocycles. The van der Waals surface area contributed by atoms with E-state index in [9.17, 15) is 0 Å². The highest BCUT2D eigenvalue weighted by atomic mass is 79.9. The van der Waals surface area contributed by atoms with Crippen molar-refractivity contribution in [1.82, 2.24) is 0 Å². The Morgan fingerprint density at radius 3 is 2.84 bits per heavy atom. The molecule has 1 aromatic rings. The van der Waals surface area contributed by atoms with Crippen LogP contribution in [0.5, 0.6) is 0 Å². The van der Waals surface area contributed by atoms with E-state index in [4.69, 9.17) is 11.6 Å². The Morgan fingerprint density at radius 2 is 2.21 bits per heavy atom. The molecular weight excluding hydrogens is 344 g/mol. The summed E-state index contributed by atoms with van der Waals surface area (Å²) >= 11 is 11.3. The number of benzene rings is 1. The highest BCUT2D eigenvalue weighted by Gasteiger charge is 2.25. The van der Waals surface area contributed by atoms with Crippen LogP contribution in [0.3, 0.4) is 0 Å². The number of rotatable bonds is 2. The Morgan fingerprint density at radius 1 is 1.47 bits per heavy atom. The van der Waals surface area contributed by atoms with Crippen molar-refractivity contribution >= 4 is 50.1 Å². The molecule has 1 unspecified atom stereocenters. The number of nitrogens with one attached hydrogen (secondary N) is 1. The zero-order chi connectivity index (χ0) is 14.0. The largest absolute Gasteiger partial charge is 0.335 e. The normalized spacial score (nSPS) is 19.4. The summed E-state index contributed by atoms with van der Waals surface area (Å²) in [5.74, 6) is 0. The Hall–Kier alpha value is -0.190. The molecule has 0 fully saturated rings. The molecule has 1 aromatic carbocycles. The Bertz CT molecular complexity index is 497. The maximum Gasteiger partial charge on any atom is 0.161 e. The first kappa shape index (κ1) is 15.2. The molecule has 0 spiro atoms. The first-order valence-corrected chi connectivity index (χ1v) is 8.32. The average Bonchev–Trinajstić information content (AvgIpc) is 2.68. The van der Waals surface area contributed by atoms with Gasteiger partial charge in [0.2, 0.25) is 0 Å². The van der Waals surface area contributed by atoms with Crippen molar-refractivity contribution in [3.63, 3.8) is 0 Å². The summed E-state index contributed by atoms with van der Waals surface area (Å²) in [5, 5.41) is 5.61. The van der Waals surface area contributed by atoms with Crippen LogP contribution in [0.1, 0.15) is 27.2 Å². The molecule has 0 amide bonds. The average molecular weight is 362 g/mol. The number of amidine groups is 1. The zero-order valence-corrected chi connectivity index (χ0v) is 14.5. The van der Waals surface area contributed by atoms with Gasteiger partial charge >= 0.3 is 0 Å². The van der Waals surface area contributed by atoms with E-state index in [1.165, 1.54) is 6.42 Å². The van der Waals surface area contributed by atoms with Gasteiger partial charge in [-0.25, -0.2) is 0 Å². The van der Waals surface area contributed by atoms with Crippen molar-refractivity contribution in [3.8, 4) is 0 Å². The van der Waals surface area contributed by atoms with Gasteiger partial charge in [0.05, 0.1) is 11.6 Å². The Kier molecular flexibility index (Phi) is 4.85. The minimum Gasteiger partial charge on any atom is -0.335 e. The summed E-state index contributed by atoms with van der Waals surface area (Å²) in [4.78, 5) is 4.56. The molecule has 1 aliphatic rings. The highest BCUT2D eigenvalue weighted by molar-refractivity contribution is 9.10. The van der Waals surface area contributed by atoms with E-state index in [0.29, 0.717) is 15.7 Å². The van der Waals surface area contributed by atoms with Crippen LogP contribution in [-0.2, 0) is 0 Å². The van der Waals surface area contributed by atoms with Gasteiger partial charge in [-0.2, -0.15) is 0 Å². The van der Waals surface area contributed by atoms with Crippen LogP contribution < -0.4 is 5.32 Å². The molecule has 2 rings (SSSR count). The van der Waals surface area contributed by atoms with E-state index in [-0.39, 0.29) is 0 Å². The molecule has 0 aliphatic carbocycles. The Balaban J connectivity index is 1.93. The Labute approximate surface area is 132 Å².